The van der Waals surface area contributed by atoms with E-state index in [2.05, 4.69) is 10.1 Å². The van der Waals surface area contributed by atoms with Gasteiger partial charge in [-0.05, 0) is 43.2 Å². The maximum absolute atomic E-state index is 13.5. The van der Waals surface area contributed by atoms with Crippen molar-refractivity contribution in [3.05, 3.63) is 54.4 Å². The average Bonchev–Trinajstić information content (AvgIpc) is 3.32. The van der Waals surface area contributed by atoms with Crippen molar-refractivity contribution in [1.82, 2.24) is 14.4 Å². The molecule has 0 spiro atoms. The molecule has 0 saturated heterocycles. The van der Waals surface area contributed by atoms with Gasteiger partial charge in [0.2, 0.25) is 21.7 Å². The molecule has 4 rings (SSSR count). The maximum Gasteiger partial charge on any atom is 0.243 e. The zero-order chi connectivity index (χ0) is 22.6. The lowest BCUT2D eigenvalue weighted by atomic mass is 9.95. The van der Waals surface area contributed by atoms with E-state index in [0.717, 1.165) is 32.1 Å². The van der Waals surface area contributed by atoms with Crippen LogP contribution in [-0.4, -0.2) is 43.1 Å². The molecule has 0 atom stereocenters. The van der Waals surface area contributed by atoms with Gasteiger partial charge in [-0.1, -0.05) is 42.6 Å². The molecule has 0 aliphatic heterocycles. The Morgan fingerprint density at radius 2 is 1.72 bits per heavy atom. The summed E-state index contributed by atoms with van der Waals surface area (Å²) in [6.07, 6.45) is 4.78. The molecule has 1 aromatic heterocycles. The standard InChI is InChI=1S/C23H27N3O5S/c1-29-20-14-13-17(15-21(20)30-2)23-24-22(31-25-23)16-26(18-9-5-3-6-10-18)32(27,28)19-11-7-4-8-12-19/h4,7-8,11-15,18H,3,5-6,9-10,16H2,1-2H3. The molecule has 3 aromatic rings. The Morgan fingerprint density at radius 3 is 2.41 bits per heavy atom. The fourth-order valence-corrected chi connectivity index (χ4v) is 5.71. The summed E-state index contributed by atoms with van der Waals surface area (Å²) in [5.74, 6) is 1.76. The minimum absolute atomic E-state index is 0.0299. The maximum atomic E-state index is 13.5. The van der Waals surface area contributed by atoms with Gasteiger partial charge < -0.3 is 14.0 Å². The van der Waals surface area contributed by atoms with Gasteiger partial charge in [0.05, 0.1) is 25.7 Å². The van der Waals surface area contributed by atoms with Gasteiger partial charge in [0.15, 0.2) is 11.5 Å². The number of ether oxygens (including phenoxy) is 2. The minimum Gasteiger partial charge on any atom is -0.493 e. The first-order valence-electron chi connectivity index (χ1n) is 10.6. The predicted molar refractivity (Wildman–Crippen MR) is 119 cm³/mol. The molecular weight excluding hydrogens is 430 g/mol. The predicted octanol–water partition coefficient (Wildman–Crippen LogP) is 4.28. The Labute approximate surface area is 188 Å². The number of methoxy groups -OCH3 is 2. The zero-order valence-electron chi connectivity index (χ0n) is 18.2. The highest BCUT2D eigenvalue weighted by molar-refractivity contribution is 7.89. The first-order valence-corrected chi connectivity index (χ1v) is 12.1. The first kappa shape index (κ1) is 22.3. The molecule has 0 unspecified atom stereocenters. The van der Waals surface area contributed by atoms with Crippen LogP contribution in [0, 0.1) is 0 Å². The lowest BCUT2D eigenvalue weighted by molar-refractivity contribution is 0.223. The number of aromatic nitrogens is 2. The summed E-state index contributed by atoms with van der Waals surface area (Å²) < 4.78 is 44.5. The minimum atomic E-state index is -3.70. The van der Waals surface area contributed by atoms with Crippen LogP contribution >= 0.6 is 0 Å². The van der Waals surface area contributed by atoms with Crippen molar-refractivity contribution in [2.75, 3.05) is 14.2 Å². The van der Waals surface area contributed by atoms with Crippen molar-refractivity contribution in [3.63, 3.8) is 0 Å². The Bertz CT molecular complexity index is 1140. The average molecular weight is 458 g/mol. The third-order valence-corrected chi connectivity index (χ3v) is 7.65. The molecule has 1 fully saturated rings. The number of benzene rings is 2. The summed E-state index contributed by atoms with van der Waals surface area (Å²) in [7, 11) is -0.583. The van der Waals surface area contributed by atoms with Crippen LogP contribution in [0.25, 0.3) is 11.4 Å². The molecule has 170 valence electrons. The Morgan fingerprint density at radius 1 is 1.00 bits per heavy atom. The lowest BCUT2D eigenvalue weighted by Gasteiger charge is -2.32. The van der Waals surface area contributed by atoms with Crippen LogP contribution in [0.4, 0.5) is 0 Å². The molecule has 0 radical (unpaired) electrons. The molecule has 8 nitrogen and oxygen atoms in total. The normalized spacial score (nSPS) is 15.1. The van der Waals surface area contributed by atoms with Crippen LogP contribution in [0.3, 0.4) is 0 Å². The molecule has 1 heterocycles. The Hall–Kier alpha value is -2.91. The third-order valence-electron chi connectivity index (χ3n) is 5.73. The van der Waals surface area contributed by atoms with Gasteiger partial charge in [-0.25, -0.2) is 8.42 Å². The quantitative estimate of drug-likeness (QED) is 0.498. The van der Waals surface area contributed by atoms with E-state index in [4.69, 9.17) is 14.0 Å². The van der Waals surface area contributed by atoms with E-state index in [1.54, 1.807) is 62.8 Å². The molecule has 0 N–H and O–H groups in total. The highest BCUT2D eigenvalue weighted by Gasteiger charge is 2.34. The smallest absolute Gasteiger partial charge is 0.243 e. The zero-order valence-corrected chi connectivity index (χ0v) is 19.0. The van der Waals surface area contributed by atoms with Crippen molar-refractivity contribution in [1.29, 1.82) is 0 Å². The SMILES string of the molecule is COc1ccc(-c2noc(CN(C3CCCCC3)S(=O)(=O)c3ccccc3)n2)cc1OC. The molecule has 0 bridgehead atoms. The largest absolute Gasteiger partial charge is 0.493 e. The van der Waals surface area contributed by atoms with Gasteiger partial charge >= 0.3 is 0 Å². The van der Waals surface area contributed by atoms with Crippen molar-refractivity contribution in [2.45, 2.75) is 49.6 Å². The van der Waals surface area contributed by atoms with E-state index in [1.165, 1.54) is 4.31 Å². The molecule has 1 saturated carbocycles. The van der Waals surface area contributed by atoms with Crippen molar-refractivity contribution in [2.24, 2.45) is 0 Å². The van der Waals surface area contributed by atoms with Crippen LogP contribution in [0.2, 0.25) is 0 Å². The van der Waals surface area contributed by atoms with Crippen LogP contribution in [-0.2, 0) is 16.6 Å². The number of sulfonamides is 1. The van der Waals surface area contributed by atoms with E-state index in [-0.39, 0.29) is 23.4 Å². The van der Waals surface area contributed by atoms with Crippen LogP contribution in [0.1, 0.15) is 38.0 Å². The Kier molecular flexibility index (Phi) is 6.76. The summed E-state index contributed by atoms with van der Waals surface area (Å²) in [4.78, 5) is 4.74. The number of hydrogen-bond acceptors (Lipinski definition) is 7. The van der Waals surface area contributed by atoms with Crippen LogP contribution in [0.15, 0.2) is 57.9 Å². The van der Waals surface area contributed by atoms with E-state index >= 15 is 0 Å². The molecule has 1 aliphatic carbocycles. The van der Waals surface area contributed by atoms with Crippen LogP contribution < -0.4 is 9.47 Å². The van der Waals surface area contributed by atoms with E-state index in [1.807, 2.05) is 0 Å². The molecule has 9 heteroatoms. The van der Waals surface area contributed by atoms with Gasteiger partial charge in [0.25, 0.3) is 0 Å². The van der Waals surface area contributed by atoms with Crippen molar-refractivity contribution < 1.29 is 22.4 Å². The summed E-state index contributed by atoms with van der Waals surface area (Å²) in [6, 6.07) is 13.7. The fourth-order valence-electron chi connectivity index (χ4n) is 4.05. The molecule has 2 aromatic carbocycles. The highest BCUT2D eigenvalue weighted by Crippen LogP contribution is 2.32. The molecule has 32 heavy (non-hydrogen) atoms. The van der Waals surface area contributed by atoms with Crippen molar-refractivity contribution in [3.8, 4) is 22.9 Å². The molecule has 1 aliphatic rings. The summed E-state index contributed by atoms with van der Waals surface area (Å²) in [6.45, 7) is 0.0299. The lowest BCUT2D eigenvalue weighted by Crippen LogP contribution is -2.41. The number of hydrogen-bond donors (Lipinski definition) is 0. The van der Waals surface area contributed by atoms with Gasteiger partial charge in [0, 0.05) is 11.6 Å². The highest BCUT2D eigenvalue weighted by atomic mass is 32.2. The summed E-state index contributed by atoms with van der Waals surface area (Å²) in [5, 5.41) is 4.07. The second-order valence-electron chi connectivity index (χ2n) is 7.74. The van der Waals surface area contributed by atoms with E-state index < -0.39 is 10.0 Å². The van der Waals surface area contributed by atoms with E-state index in [9.17, 15) is 8.42 Å². The van der Waals surface area contributed by atoms with Gasteiger partial charge in [0.1, 0.15) is 0 Å². The van der Waals surface area contributed by atoms with Crippen LogP contribution in [0.5, 0.6) is 11.5 Å². The second kappa shape index (κ2) is 9.70. The molecule has 0 amide bonds. The monoisotopic (exact) mass is 457 g/mol. The van der Waals surface area contributed by atoms with E-state index in [0.29, 0.717) is 22.9 Å². The summed E-state index contributed by atoms with van der Waals surface area (Å²) >= 11 is 0. The summed E-state index contributed by atoms with van der Waals surface area (Å²) in [5.41, 5.74) is 0.688. The van der Waals surface area contributed by atoms with Crippen molar-refractivity contribution >= 4 is 10.0 Å². The fraction of sp³-hybridized carbons (Fsp3) is 0.391. The third kappa shape index (κ3) is 4.63. The topological polar surface area (TPSA) is 94.8 Å². The number of nitrogens with zero attached hydrogens (tertiary/aromatic N) is 3. The molecular formula is C23H27N3O5S. The van der Waals surface area contributed by atoms with Gasteiger partial charge in [-0.15, -0.1) is 0 Å². The van der Waals surface area contributed by atoms with Gasteiger partial charge in [-0.2, -0.15) is 9.29 Å². The van der Waals surface area contributed by atoms with Gasteiger partial charge in [-0.3, -0.25) is 0 Å². The number of rotatable bonds is 8. The Balaban J connectivity index is 1.63. The second-order valence-corrected chi connectivity index (χ2v) is 9.63. The first-order chi connectivity index (χ1) is 15.5.